The molecule has 18 aromatic carbocycles. The summed E-state index contributed by atoms with van der Waals surface area (Å²) in [5, 5.41) is 20.9. The zero-order valence-corrected chi connectivity index (χ0v) is 58.1. The van der Waals surface area contributed by atoms with Crippen molar-refractivity contribution in [1.29, 1.82) is 0 Å². The molecule has 6 nitrogen and oxygen atoms in total. The fourth-order valence-electron chi connectivity index (χ4n) is 17.6. The maximum Gasteiger partial charge on any atom is 0.128 e. The van der Waals surface area contributed by atoms with Crippen molar-refractivity contribution in [3.8, 4) is 72.9 Å². The van der Waals surface area contributed by atoms with Gasteiger partial charge in [-0.3, -0.25) is 15.0 Å². The maximum absolute atomic E-state index is 6.26. The lowest BCUT2D eigenvalue weighted by Gasteiger charge is -2.16. The van der Waals surface area contributed by atoms with Crippen LogP contribution < -0.4 is 14.2 Å². The first-order valence-electron chi connectivity index (χ1n) is 36.1. The number of hydrogen-bond acceptors (Lipinski definition) is 6. The summed E-state index contributed by atoms with van der Waals surface area (Å²) in [6, 6.07) is 111. The van der Waals surface area contributed by atoms with Gasteiger partial charge in [0.1, 0.15) is 17.2 Å². The molecule has 0 bridgehead atoms. The van der Waals surface area contributed by atoms with Gasteiger partial charge in [-0.1, -0.05) is 249 Å². The lowest BCUT2D eigenvalue weighted by molar-refractivity contribution is 0.414. The van der Waals surface area contributed by atoms with Crippen molar-refractivity contribution in [2.45, 2.75) is 19.3 Å². The topological polar surface area (TPSA) is 64.8 Å². The highest BCUT2D eigenvalue weighted by molar-refractivity contribution is 6.28. The number of fused-ring (bicyclic) bond motifs is 21. The SMILES string of the molecule is COc1ccc2ccccc2c1C1=Nc2c(c3cc(-c4ccccc4)ccc3c3ccc(-c4ccc5c(c4)c4c(c6cc(-c7ccc8c(c7)c7c(c9cc(-c%10ccc(-c%11ccccc%11)cc%10)ccc98)CC(c8c(OC)ccc9ccccc89)=N7)ccc65)N=C(c5c(OC)ccc6ccccc56)C4)cc23)C1. The number of nitrogens with zero attached hydrogens (tertiary/aromatic N) is 3. The van der Waals surface area contributed by atoms with Crippen LogP contribution in [0.2, 0.25) is 0 Å². The molecule has 3 heterocycles. The van der Waals surface area contributed by atoms with E-state index >= 15 is 0 Å². The van der Waals surface area contributed by atoms with E-state index in [4.69, 9.17) is 29.2 Å². The van der Waals surface area contributed by atoms with E-state index in [1.807, 2.05) is 0 Å². The van der Waals surface area contributed by atoms with Gasteiger partial charge in [-0.15, -0.1) is 0 Å². The molecule has 21 rings (SSSR count). The summed E-state index contributed by atoms with van der Waals surface area (Å²) >= 11 is 0. The standard InChI is InChI=1S/C99H65N3O3/c1-103-91-45-36-61-20-10-13-23-70(61)94(91)88-54-85-79-48-64(58-18-8-5-9-19-58)30-39-73(79)76-42-33-67(51-82(76)97(85)100-88)66-32-41-75-78-44-35-69(53-84(78)99-87(81(75)50-66)56-90(102-99)96-72-25-15-12-22-63(72)38-47-93(96)105-3)68-34-43-77-74-40-31-65(60-28-26-59(27-29-60)57-16-6-4-7-17-57)49-80(74)86-55-89(101-98(86)83(77)52-68)95-71-24-14-11-21-62(71)37-46-92(95)104-2/h4-53H,54-56H2,1-3H3. The summed E-state index contributed by atoms with van der Waals surface area (Å²) in [6.07, 6.45) is 1.94. The molecule has 0 saturated heterocycles. The summed E-state index contributed by atoms with van der Waals surface area (Å²) in [4.78, 5) is 17.3. The first kappa shape index (κ1) is 60.5. The van der Waals surface area contributed by atoms with Crippen molar-refractivity contribution in [3.63, 3.8) is 0 Å². The van der Waals surface area contributed by atoms with Gasteiger partial charge in [-0.05, 0) is 208 Å². The second-order valence-electron chi connectivity index (χ2n) is 28.2. The molecular weight excluding hydrogens is 1280 g/mol. The second kappa shape index (κ2) is 23.9. The van der Waals surface area contributed by atoms with E-state index < -0.39 is 0 Å². The third kappa shape index (κ3) is 9.60. The molecule has 0 saturated carbocycles. The molecule has 105 heavy (non-hydrogen) atoms. The van der Waals surface area contributed by atoms with E-state index in [-0.39, 0.29) is 0 Å². The van der Waals surface area contributed by atoms with Gasteiger partial charge < -0.3 is 14.2 Å². The fourth-order valence-corrected chi connectivity index (χ4v) is 17.6. The zero-order valence-electron chi connectivity index (χ0n) is 58.1. The number of hydrogen-bond donors (Lipinski definition) is 0. The van der Waals surface area contributed by atoms with Gasteiger partial charge in [-0.25, -0.2) is 0 Å². The lowest BCUT2D eigenvalue weighted by atomic mass is 9.87. The Morgan fingerprint density at radius 1 is 0.200 bits per heavy atom. The first-order valence-corrected chi connectivity index (χ1v) is 36.1. The third-order valence-electron chi connectivity index (χ3n) is 22.7. The predicted molar refractivity (Wildman–Crippen MR) is 440 cm³/mol. The minimum atomic E-state index is 0.620. The fraction of sp³-hybridized carbons (Fsp3) is 0.0606. The molecule has 3 aliphatic heterocycles. The Morgan fingerprint density at radius 3 is 0.752 bits per heavy atom. The Bertz CT molecular complexity index is 6910. The average Bonchev–Trinajstić information content (AvgIpc) is 1.65. The van der Waals surface area contributed by atoms with Crippen LogP contribution in [-0.4, -0.2) is 38.5 Å². The van der Waals surface area contributed by atoms with Gasteiger partial charge in [-0.2, -0.15) is 0 Å². The molecule has 0 atom stereocenters. The van der Waals surface area contributed by atoms with Crippen LogP contribution in [0.5, 0.6) is 17.2 Å². The summed E-state index contributed by atoms with van der Waals surface area (Å²) in [5.74, 6) is 2.45. The van der Waals surface area contributed by atoms with E-state index in [0.717, 1.165) is 150 Å². The van der Waals surface area contributed by atoms with Crippen LogP contribution in [0.15, 0.2) is 318 Å². The summed E-state index contributed by atoms with van der Waals surface area (Å²) in [5.41, 5.74) is 24.3. The third-order valence-corrected chi connectivity index (χ3v) is 22.7. The van der Waals surface area contributed by atoms with Crippen LogP contribution in [-0.2, 0) is 19.3 Å². The molecule has 18 aromatic rings. The van der Waals surface area contributed by atoms with Crippen molar-refractivity contribution in [1.82, 2.24) is 0 Å². The van der Waals surface area contributed by atoms with Gasteiger partial charge in [0.25, 0.3) is 0 Å². The minimum Gasteiger partial charge on any atom is -0.496 e. The van der Waals surface area contributed by atoms with E-state index in [9.17, 15) is 0 Å². The zero-order chi connectivity index (χ0) is 69.5. The highest BCUT2D eigenvalue weighted by Gasteiger charge is 2.31. The van der Waals surface area contributed by atoms with Crippen molar-refractivity contribution in [2.75, 3.05) is 21.3 Å². The molecule has 3 aliphatic rings. The Morgan fingerprint density at radius 2 is 0.438 bits per heavy atom. The molecule has 494 valence electrons. The van der Waals surface area contributed by atoms with Gasteiger partial charge >= 0.3 is 0 Å². The normalized spacial score (nSPS) is 13.2. The summed E-state index contributed by atoms with van der Waals surface area (Å²) in [6.45, 7) is 0. The van der Waals surface area contributed by atoms with Gasteiger partial charge in [0, 0.05) is 52.1 Å². The maximum atomic E-state index is 6.26. The van der Waals surface area contributed by atoms with Gasteiger partial charge in [0.2, 0.25) is 0 Å². The Balaban J connectivity index is 0.737. The summed E-state index contributed by atoms with van der Waals surface area (Å²) < 4.78 is 18.6. The van der Waals surface area contributed by atoms with Crippen molar-refractivity contribution >= 4 is 131 Å². The largest absolute Gasteiger partial charge is 0.496 e. The molecule has 0 aromatic heterocycles. The molecule has 0 spiro atoms. The monoisotopic (exact) mass is 1340 g/mol. The molecule has 0 unspecified atom stereocenters. The van der Waals surface area contributed by atoms with Gasteiger partial charge in [0.05, 0.1) is 55.5 Å². The number of rotatable bonds is 11. The highest BCUT2D eigenvalue weighted by Crippen LogP contribution is 2.52. The van der Waals surface area contributed by atoms with E-state index in [2.05, 4.69) is 303 Å². The molecule has 0 radical (unpaired) electrons. The second-order valence-corrected chi connectivity index (χ2v) is 28.2. The molecule has 0 amide bonds. The minimum absolute atomic E-state index is 0.620. The average molecular weight is 1340 g/mol. The number of aliphatic imine (C=N–C) groups is 3. The van der Waals surface area contributed by atoms with E-state index in [0.29, 0.717) is 19.3 Å². The molecular formula is C99H65N3O3. The van der Waals surface area contributed by atoms with Crippen LogP contribution in [0.4, 0.5) is 17.1 Å². The number of methoxy groups -OCH3 is 3. The van der Waals surface area contributed by atoms with E-state index in [1.54, 1.807) is 21.3 Å². The Kier molecular flexibility index (Phi) is 13.8. The van der Waals surface area contributed by atoms with Crippen LogP contribution >= 0.6 is 0 Å². The smallest absolute Gasteiger partial charge is 0.128 e. The summed E-state index contributed by atoms with van der Waals surface area (Å²) in [7, 11) is 5.30. The molecule has 0 aliphatic carbocycles. The quantitative estimate of drug-likeness (QED) is 0.121. The Labute approximate surface area is 606 Å². The van der Waals surface area contributed by atoms with E-state index in [1.165, 1.54) is 87.8 Å². The predicted octanol–water partition coefficient (Wildman–Crippen LogP) is 25.5. The van der Waals surface area contributed by atoms with Crippen LogP contribution in [0.3, 0.4) is 0 Å². The van der Waals surface area contributed by atoms with Crippen molar-refractivity contribution in [2.24, 2.45) is 15.0 Å². The van der Waals surface area contributed by atoms with Crippen molar-refractivity contribution < 1.29 is 14.2 Å². The van der Waals surface area contributed by atoms with Gasteiger partial charge in [0.15, 0.2) is 0 Å². The van der Waals surface area contributed by atoms with Crippen LogP contribution in [0, 0.1) is 0 Å². The highest BCUT2D eigenvalue weighted by atomic mass is 16.5. The van der Waals surface area contributed by atoms with Crippen molar-refractivity contribution in [3.05, 3.63) is 337 Å². The lowest BCUT2D eigenvalue weighted by Crippen LogP contribution is -2.05. The number of ether oxygens (including phenoxy) is 3. The number of benzene rings is 18. The first-order chi connectivity index (χ1) is 51.9. The molecule has 0 fully saturated rings. The van der Waals surface area contributed by atoms with Crippen LogP contribution in [0.1, 0.15) is 33.4 Å². The Hall–Kier alpha value is -13.3. The van der Waals surface area contributed by atoms with Crippen LogP contribution in [0.25, 0.3) is 153 Å². The molecule has 6 heteroatoms. The molecule has 0 N–H and O–H groups in total.